The largest absolute Gasteiger partial charge is 0.385 e. The van der Waals surface area contributed by atoms with E-state index in [0.717, 1.165) is 19.6 Å². The molecule has 0 bridgehead atoms. The number of methoxy groups -OCH3 is 1. The van der Waals surface area contributed by atoms with Crippen LogP contribution in [0.25, 0.3) is 0 Å². The summed E-state index contributed by atoms with van der Waals surface area (Å²) in [6, 6.07) is 0. The first-order chi connectivity index (χ1) is 6.72. The van der Waals surface area contributed by atoms with Gasteiger partial charge in [-0.15, -0.1) is 11.6 Å². The van der Waals surface area contributed by atoms with E-state index in [1.807, 2.05) is 0 Å². The molecule has 1 aliphatic carbocycles. The fraction of sp³-hybridized carbons (Fsp3) is 0.900. The second-order valence-corrected chi connectivity index (χ2v) is 4.34. The predicted octanol–water partition coefficient (Wildman–Crippen LogP) is 1.55. The van der Waals surface area contributed by atoms with Gasteiger partial charge in [-0.05, 0) is 24.7 Å². The molecule has 0 saturated heterocycles. The quantitative estimate of drug-likeness (QED) is 0.660. The number of halogens is 1. The maximum absolute atomic E-state index is 11.2. The lowest BCUT2D eigenvalue weighted by Crippen LogP contribution is -2.30. The van der Waals surface area contributed by atoms with Crippen LogP contribution in [0.4, 0.5) is 0 Å². The first kappa shape index (κ1) is 11.8. The van der Waals surface area contributed by atoms with Gasteiger partial charge in [-0.3, -0.25) is 4.79 Å². The van der Waals surface area contributed by atoms with Crippen LogP contribution in [0.1, 0.15) is 25.7 Å². The highest BCUT2D eigenvalue weighted by Gasteiger charge is 2.41. The number of ether oxygens (including phenoxy) is 1. The zero-order valence-electron chi connectivity index (χ0n) is 8.64. The second-order valence-electron chi connectivity index (χ2n) is 3.96. The highest BCUT2D eigenvalue weighted by molar-refractivity contribution is 6.18. The number of amides is 1. The minimum atomic E-state index is 0.0590. The monoisotopic (exact) mass is 219 g/mol. The van der Waals surface area contributed by atoms with Crippen LogP contribution in [0, 0.1) is 5.41 Å². The average Bonchev–Trinajstić information content (AvgIpc) is 2.93. The number of rotatable bonds is 7. The Morgan fingerprint density at radius 3 is 2.79 bits per heavy atom. The lowest BCUT2D eigenvalue weighted by molar-refractivity contribution is -0.121. The molecule has 3 nitrogen and oxygen atoms in total. The highest BCUT2D eigenvalue weighted by Crippen LogP contribution is 2.48. The number of hydrogen-bond donors (Lipinski definition) is 1. The van der Waals surface area contributed by atoms with Crippen molar-refractivity contribution < 1.29 is 9.53 Å². The zero-order chi connectivity index (χ0) is 10.4. The van der Waals surface area contributed by atoms with E-state index in [1.165, 1.54) is 12.8 Å². The van der Waals surface area contributed by atoms with Gasteiger partial charge in [0.1, 0.15) is 0 Å². The van der Waals surface area contributed by atoms with Crippen molar-refractivity contribution in [1.82, 2.24) is 5.32 Å². The number of alkyl halides is 1. The topological polar surface area (TPSA) is 38.3 Å². The van der Waals surface area contributed by atoms with Gasteiger partial charge in [-0.25, -0.2) is 0 Å². The van der Waals surface area contributed by atoms with Gasteiger partial charge in [0.15, 0.2) is 0 Å². The molecule has 0 aromatic carbocycles. The van der Waals surface area contributed by atoms with Crippen molar-refractivity contribution >= 4 is 17.5 Å². The third kappa shape index (κ3) is 3.84. The molecule has 0 radical (unpaired) electrons. The molecule has 1 amide bonds. The average molecular weight is 220 g/mol. The van der Waals surface area contributed by atoms with Crippen molar-refractivity contribution in [3.63, 3.8) is 0 Å². The van der Waals surface area contributed by atoms with Crippen LogP contribution in [-0.4, -0.2) is 32.0 Å². The number of hydrogen-bond acceptors (Lipinski definition) is 2. The summed E-state index contributed by atoms with van der Waals surface area (Å²) in [4.78, 5) is 11.2. The smallest absolute Gasteiger partial charge is 0.221 e. The maximum Gasteiger partial charge on any atom is 0.221 e. The van der Waals surface area contributed by atoms with Gasteiger partial charge < -0.3 is 10.1 Å². The lowest BCUT2D eigenvalue weighted by Gasteiger charge is -2.14. The Morgan fingerprint density at radius 1 is 1.57 bits per heavy atom. The van der Waals surface area contributed by atoms with Crippen LogP contribution < -0.4 is 5.32 Å². The summed E-state index contributed by atoms with van der Waals surface area (Å²) in [5, 5.41) is 2.92. The predicted molar refractivity (Wildman–Crippen MR) is 56.5 cm³/mol. The minimum absolute atomic E-state index is 0.0590. The Morgan fingerprint density at radius 2 is 2.29 bits per heavy atom. The summed E-state index contributed by atoms with van der Waals surface area (Å²) >= 11 is 5.46. The molecular formula is C10H18ClNO2. The molecule has 4 heteroatoms. The van der Waals surface area contributed by atoms with Gasteiger partial charge >= 0.3 is 0 Å². The van der Waals surface area contributed by atoms with Crippen LogP contribution in [-0.2, 0) is 9.53 Å². The molecule has 0 aromatic heterocycles. The van der Waals surface area contributed by atoms with E-state index < -0.39 is 0 Å². The van der Waals surface area contributed by atoms with E-state index in [9.17, 15) is 4.79 Å². The molecule has 0 heterocycles. The molecule has 0 unspecified atom stereocenters. The summed E-state index contributed by atoms with van der Waals surface area (Å²) in [5.41, 5.74) is 0.331. The summed E-state index contributed by atoms with van der Waals surface area (Å²) in [7, 11) is 1.71. The summed E-state index contributed by atoms with van der Waals surface area (Å²) in [6.45, 7) is 1.57. The van der Waals surface area contributed by atoms with E-state index in [1.54, 1.807) is 7.11 Å². The molecule has 1 fully saturated rings. The fourth-order valence-corrected chi connectivity index (χ4v) is 1.64. The van der Waals surface area contributed by atoms with Crippen molar-refractivity contribution in [3.05, 3.63) is 0 Å². The number of nitrogens with one attached hydrogen (secondary N) is 1. The summed E-state index contributed by atoms with van der Waals surface area (Å²) in [5.74, 6) is 0.459. The van der Waals surface area contributed by atoms with E-state index in [2.05, 4.69) is 5.32 Å². The molecular weight excluding hydrogens is 202 g/mol. The molecule has 1 rings (SSSR count). The second kappa shape index (κ2) is 5.56. The number of carbonyl (C=O) groups excluding carboxylic acids is 1. The van der Waals surface area contributed by atoms with Gasteiger partial charge in [-0.2, -0.15) is 0 Å². The summed E-state index contributed by atoms with van der Waals surface area (Å²) in [6.07, 6.45) is 3.88. The van der Waals surface area contributed by atoms with Crippen molar-refractivity contribution in [2.45, 2.75) is 25.7 Å². The third-order valence-electron chi connectivity index (χ3n) is 2.78. The van der Waals surface area contributed by atoms with Crippen molar-refractivity contribution in [1.29, 1.82) is 0 Å². The van der Waals surface area contributed by atoms with Crippen LogP contribution in [0.3, 0.4) is 0 Å². The molecule has 14 heavy (non-hydrogen) atoms. The third-order valence-corrected chi connectivity index (χ3v) is 2.96. The normalized spacial score (nSPS) is 17.9. The van der Waals surface area contributed by atoms with Crippen LogP contribution in [0.15, 0.2) is 0 Å². The van der Waals surface area contributed by atoms with Crippen LogP contribution in [0.2, 0.25) is 0 Å². The molecule has 1 saturated carbocycles. The molecule has 0 atom stereocenters. The SMILES string of the molecule is COCCC1(CNC(=O)CCCl)CC1. The Kier molecular flexibility index (Phi) is 4.69. The molecule has 1 N–H and O–H groups in total. The molecule has 82 valence electrons. The van der Waals surface area contributed by atoms with Crippen molar-refractivity contribution in [2.24, 2.45) is 5.41 Å². The Hall–Kier alpha value is -0.280. The van der Waals surface area contributed by atoms with Crippen LogP contribution in [0.5, 0.6) is 0 Å². The van der Waals surface area contributed by atoms with E-state index in [0.29, 0.717) is 17.7 Å². The van der Waals surface area contributed by atoms with Gasteiger partial charge in [0.2, 0.25) is 5.91 Å². The molecule has 0 aliphatic heterocycles. The van der Waals surface area contributed by atoms with Gasteiger partial charge in [0.05, 0.1) is 0 Å². The zero-order valence-corrected chi connectivity index (χ0v) is 9.40. The first-order valence-electron chi connectivity index (χ1n) is 5.04. The van der Waals surface area contributed by atoms with Gasteiger partial charge in [0.25, 0.3) is 0 Å². The van der Waals surface area contributed by atoms with E-state index in [-0.39, 0.29) is 5.91 Å². The van der Waals surface area contributed by atoms with Gasteiger partial charge in [-0.1, -0.05) is 0 Å². The molecule has 0 spiro atoms. The summed E-state index contributed by atoms with van der Waals surface area (Å²) < 4.78 is 5.04. The molecule has 1 aliphatic rings. The fourth-order valence-electron chi connectivity index (χ4n) is 1.47. The lowest BCUT2D eigenvalue weighted by atomic mass is 10.0. The van der Waals surface area contributed by atoms with Crippen molar-refractivity contribution in [3.8, 4) is 0 Å². The van der Waals surface area contributed by atoms with Crippen molar-refractivity contribution in [2.75, 3.05) is 26.1 Å². The Bertz CT molecular complexity index is 193. The minimum Gasteiger partial charge on any atom is -0.385 e. The van der Waals surface area contributed by atoms with Gasteiger partial charge in [0, 0.05) is 32.6 Å². The Balaban J connectivity index is 2.13. The first-order valence-corrected chi connectivity index (χ1v) is 5.57. The Labute approximate surface area is 90.1 Å². The maximum atomic E-state index is 11.2. The highest BCUT2D eigenvalue weighted by atomic mass is 35.5. The molecule has 0 aromatic rings. The van der Waals surface area contributed by atoms with E-state index in [4.69, 9.17) is 16.3 Å². The van der Waals surface area contributed by atoms with Crippen LogP contribution >= 0.6 is 11.6 Å². The standard InChI is InChI=1S/C10H18ClNO2/c1-14-7-5-10(3-4-10)8-12-9(13)2-6-11/h2-8H2,1H3,(H,12,13). The number of carbonyl (C=O) groups is 1. The van der Waals surface area contributed by atoms with E-state index >= 15 is 0 Å².